The van der Waals surface area contributed by atoms with Crippen molar-refractivity contribution in [3.05, 3.63) is 61.9 Å². The first-order valence-corrected chi connectivity index (χ1v) is 10.2. The van der Waals surface area contributed by atoms with Gasteiger partial charge < -0.3 is 4.57 Å². The van der Waals surface area contributed by atoms with E-state index >= 15 is 0 Å². The summed E-state index contributed by atoms with van der Waals surface area (Å²) in [4.78, 5) is 23.7. The van der Waals surface area contributed by atoms with Gasteiger partial charge in [-0.15, -0.1) is 0 Å². The van der Waals surface area contributed by atoms with Crippen LogP contribution in [0, 0.1) is 5.92 Å². The Balaban J connectivity index is 0.000000156. The van der Waals surface area contributed by atoms with Crippen LogP contribution in [0.25, 0.3) is 0 Å². The molecule has 1 aliphatic heterocycles. The molecule has 2 aromatic heterocycles. The molecule has 2 aromatic rings. The molecule has 1 fully saturated rings. The third kappa shape index (κ3) is 4.57. The maximum Gasteiger partial charge on any atom is 0.270 e. The van der Waals surface area contributed by atoms with E-state index in [2.05, 4.69) is 25.0 Å². The van der Waals surface area contributed by atoms with Crippen molar-refractivity contribution in [2.45, 2.75) is 78.3 Å². The lowest BCUT2D eigenvalue weighted by Gasteiger charge is -2.08. The third-order valence-electron chi connectivity index (χ3n) is 5.42. The lowest BCUT2D eigenvalue weighted by atomic mass is 10.1. The second-order valence-electron chi connectivity index (χ2n) is 8.37. The topological polar surface area (TPSA) is 56.9 Å². The Kier molecular flexibility index (Phi) is 5.98. The van der Waals surface area contributed by atoms with Crippen LogP contribution in [0.2, 0.25) is 0 Å². The number of hydrogen-bond acceptors (Lipinski definition) is 3. The Morgan fingerprint density at radius 2 is 1.67 bits per heavy atom. The number of aromatic nitrogens is 3. The lowest BCUT2D eigenvalue weighted by molar-refractivity contribution is 0.525. The molecule has 146 valence electrons. The Hall–Kier alpha value is -2.17. The van der Waals surface area contributed by atoms with Crippen LogP contribution in [0.3, 0.4) is 0 Å². The Morgan fingerprint density at radius 1 is 1.00 bits per heavy atom. The molecular formula is C22H31N3O2. The average molecular weight is 370 g/mol. The first-order valence-electron chi connectivity index (χ1n) is 10.2. The highest BCUT2D eigenvalue weighted by Crippen LogP contribution is 2.29. The van der Waals surface area contributed by atoms with E-state index in [4.69, 9.17) is 0 Å². The zero-order valence-corrected chi connectivity index (χ0v) is 16.9. The summed E-state index contributed by atoms with van der Waals surface area (Å²) in [5, 5.41) is 4.11. The summed E-state index contributed by atoms with van der Waals surface area (Å²) in [5.74, 6) is 1.32. The molecule has 2 aliphatic rings. The minimum absolute atomic E-state index is 0.0920. The summed E-state index contributed by atoms with van der Waals surface area (Å²) >= 11 is 0. The molecule has 0 aromatic carbocycles. The second kappa shape index (κ2) is 8.24. The van der Waals surface area contributed by atoms with Gasteiger partial charge in [-0.3, -0.25) is 9.59 Å². The zero-order valence-electron chi connectivity index (χ0n) is 16.9. The van der Waals surface area contributed by atoms with Gasteiger partial charge in [0.15, 0.2) is 0 Å². The molecule has 5 heteroatoms. The van der Waals surface area contributed by atoms with E-state index < -0.39 is 0 Å². The van der Waals surface area contributed by atoms with Crippen LogP contribution in [0.1, 0.15) is 75.6 Å². The molecule has 0 unspecified atom stereocenters. The van der Waals surface area contributed by atoms with Gasteiger partial charge in [0.25, 0.3) is 11.1 Å². The molecule has 0 saturated heterocycles. The third-order valence-corrected chi connectivity index (χ3v) is 5.42. The predicted molar refractivity (Wildman–Crippen MR) is 108 cm³/mol. The van der Waals surface area contributed by atoms with Crippen molar-refractivity contribution in [3.8, 4) is 0 Å². The standard InChI is InChI=1S/C11H16N2O.C11H15NO/c1-8(2)10-5-6-12-13(11(10)14)7-9-3-4-9;1-8(2)10-6-5-9-4-3-7-12(9)11(10)13/h5-6,8-9H,3-4,7H2,1-2H3;5-6,8H,3-4,7H2,1-2H3. The second-order valence-corrected chi connectivity index (χ2v) is 8.37. The molecule has 0 spiro atoms. The molecule has 0 atom stereocenters. The van der Waals surface area contributed by atoms with Crippen LogP contribution < -0.4 is 11.1 Å². The van der Waals surface area contributed by atoms with Gasteiger partial charge in [0.1, 0.15) is 0 Å². The summed E-state index contributed by atoms with van der Waals surface area (Å²) in [6.45, 7) is 9.93. The molecule has 0 N–H and O–H groups in total. The van der Waals surface area contributed by atoms with E-state index in [0.717, 1.165) is 37.1 Å². The van der Waals surface area contributed by atoms with Gasteiger partial charge in [-0.05, 0) is 55.6 Å². The largest absolute Gasteiger partial charge is 0.312 e. The minimum Gasteiger partial charge on any atom is -0.312 e. The maximum atomic E-state index is 11.9. The van der Waals surface area contributed by atoms with Gasteiger partial charge in [-0.1, -0.05) is 33.8 Å². The van der Waals surface area contributed by atoms with E-state index in [9.17, 15) is 9.59 Å². The van der Waals surface area contributed by atoms with Gasteiger partial charge in [0.05, 0.1) is 0 Å². The van der Waals surface area contributed by atoms with Crippen LogP contribution in [0.15, 0.2) is 34.0 Å². The number of pyridine rings is 1. The summed E-state index contributed by atoms with van der Waals surface area (Å²) < 4.78 is 3.54. The summed E-state index contributed by atoms with van der Waals surface area (Å²) in [6, 6.07) is 5.92. The highest BCUT2D eigenvalue weighted by Gasteiger charge is 2.23. The molecule has 27 heavy (non-hydrogen) atoms. The molecule has 0 bridgehead atoms. The minimum atomic E-state index is 0.0920. The van der Waals surface area contributed by atoms with Crippen molar-refractivity contribution in [3.63, 3.8) is 0 Å². The van der Waals surface area contributed by atoms with Gasteiger partial charge in [-0.25, -0.2) is 4.68 Å². The first-order chi connectivity index (χ1) is 12.9. The summed E-state index contributed by atoms with van der Waals surface area (Å²) in [5.41, 5.74) is 3.35. The van der Waals surface area contributed by atoms with Crippen LogP contribution in [-0.2, 0) is 19.5 Å². The number of rotatable bonds is 4. The van der Waals surface area contributed by atoms with Crippen LogP contribution in [0.4, 0.5) is 0 Å². The van der Waals surface area contributed by atoms with Gasteiger partial charge in [0, 0.05) is 36.1 Å². The lowest BCUT2D eigenvalue weighted by Crippen LogP contribution is -2.27. The van der Waals surface area contributed by atoms with Crippen LogP contribution >= 0.6 is 0 Å². The normalized spacial score (nSPS) is 15.6. The monoisotopic (exact) mass is 369 g/mol. The van der Waals surface area contributed by atoms with E-state index in [1.54, 1.807) is 10.9 Å². The molecule has 5 nitrogen and oxygen atoms in total. The smallest absolute Gasteiger partial charge is 0.270 e. The molecule has 1 saturated carbocycles. The molecule has 0 amide bonds. The van der Waals surface area contributed by atoms with Gasteiger partial charge in [-0.2, -0.15) is 5.10 Å². The Bertz CT molecular complexity index is 905. The van der Waals surface area contributed by atoms with Crippen LogP contribution in [-0.4, -0.2) is 14.3 Å². The highest BCUT2D eigenvalue weighted by molar-refractivity contribution is 5.20. The fraction of sp³-hybridized carbons (Fsp3) is 0.591. The van der Waals surface area contributed by atoms with Crippen LogP contribution in [0.5, 0.6) is 0 Å². The van der Waals surface area contributed by atoms with E-state index in [1.807, 2.05) is 30.5 Å². The maximum absolute atomic E-state index is 11.9. The average Bonchev–Trinajstić information content (AvgIpc) is 3.30. The fourth-order valence-electron chi connectivity index (χ4n) is 3.54. The van der Waals surface area contributed by atoms with Crippen molar-refractivity contribution in [2.24, 2.45) is 5.92 Å². The van der Waals surface area contributed by atoms with Crippen molar-refractivity contribution in [1.82, 2.24) is 14.3 Å². The van der Waals surface area contributed by atoms with E-state index in [-0.39, 0.29) is 17.0 Å². The molecule has 4 rings (SSSR count). The fourth-order valence-corrected chi connectivity index (χ4v) is 3.54. The van der Waals surface area contributed by atoms with Gasteiger partial charge >= 0.3 is 0 Å². The van der Waals surface area contributed by atoms with Gasteiger partial charge in [0.2, 0.25) is 0 Å². The predicted octanol–water partition coefficient (Wildman–Crippen LogP) is 3.69. The Labute approximate surface area is 161 Å². The molecule has 1 aliphatic carbocycles. The first kappa shape index (κ1) is 19.6. The Morgan fingerprint density at radius 3 is 2.30 bits per heavy atom. The van der Waals surface area contributed by atoms with Crippen molar-refractivity contribution >= 4 is 0 Å². The molecule has 3 heterocycles. The number of aryl methyl sites for hydroxylation is 1. The molecular weight excluding hydrogens is 338 g/mol. The van der Waals surface area contributed by atoms with Crippen molar-refractivity contribution in [1.29, 1.82) is 0 Å². The zero-order chi connectivity index (χ0) is 19.6. The number of hydrogen-bond donors (Lipinski definition) is 0. The summed E-state index contributed by atoms with van der Waals surface area (Å²) in [7, 11) is 0. The quantitative estimate of drug-likeness (QED) is 0.826. The van der Waals surface area contributed by atoms with E-state index in [0.29, 0.717) is 11.8 Å². The van der Waals surface area contributed by atoms with Crippen molar-refractivity contribution < 1.29 is 0 Å². The molecule has 0 radical (unpaired) electrons. The highest BCUT2D eigenvalue weighted by atomic mass is 16.1. The summed E-state index contributed by atoms with van der Waals surface area (Å²) in [6.07, 6.45) is 6.42. The number of fused-ring (bicyclic) bond motifs is 1. The number of nitrogens with zero attached hydrogens (tertiary/aromatic N) is 3. The SMILES string of the molecule is CC(C)c1ccc2n(c1=O)CCC2.CC(C)c1ccnn(CC2CC2)c1=O. The van der Waals surface area contributed by atoms with E-state index in [1.165, 1.54) is 18.5 Å². The van der Waals surface area contributed by atoms with Crippen molar-refractivity contribution in [2.75, 3.05) is 0 Å².